The molecule has 5 nitrogen and oxygen atoms in total. The molecule has 1 aliphatic rings. The summed E-state index contributed by atoms with van der Waals surface area (Å²) < 4.78 is 5.22. The van der Waals surface area contributed by atoms with Crippen LogP contribution in [-0.4, -0.2) is 55.8 Å². The van der Waals surface area contributed by atoms with Crippen LogP contribution in [0.25, 0.3) is 0 Å². The van der Waals surface area contributed by atoms with Crippen LogP contribution in [0.1, 0.15) is 17.7 Å². The van der Waals surface area contributed by atoms with Gasteiger partial charge in [0.15, 0.2) is 0 Å². The summed E-state index contributed by atoms with van der Waals surface area (Å²) in [7, 11) is 3.62. The minimum absolute atomic E-state index is 0.293. The van der Waals surface area contributed by atoms with Gasteiger partial charge in [0.25, 0.3) is 5.91 Å². The minimum Gasteiger partial charge on any atom is -0.497 e. The first-order valence-corrected chi connectivity index (χ1v) is 10.5. The number of amides is 1. The van der Waals surface area contributed by atoms with Crippen LogP contribution in [0.15, 0.2) is 47.4 Å². The lowest BCUT2D eigenvalue weighted by Crippen LogP contribution is -2.43. The summed E-state index contributed by atoms with van der Waals surface area (Å²) in [4.78, 5) is 17.9. The Morgan fingerprint density at radius 2 is 1.96 bits per heavy atom. The van der Waals surface area contributed by atoms with Crippen molar-refractivity contribution in [3.8, 4) is 5.75 Å². The molecule has 0 radical (unpaired) electrons. The highest BCUT2D eigenvalue weighted by Crippen LogP contribution is 2.46. The van der Waals surface area contributed by atoms with Crippen molar-refractivity contribution in [3.05, 3.63) is 53.1 Å². The van der Waals surface area contributed by atoms with E-state index in [0.717, 1.165) is 35.0 Å². The van der Waals surface area contributed by atoms with Crippen LogP contribution < -0.4 is 9.64 Å². The van der Waals surface area contributed by atoms with Gasteiger partial charge in [-0.05, 0) is 49.5 Å². The Kier molecular flexibility index (Phi) is 6.88. The van der Waals surface area contributed by atoms with E-state index in [1.807, 2.05) is 43.4 Å². The number of fused-ring (bicyclic) bond motifs is 1. The average Bonchev–Trinajstić information content (AvgIpc) is 2.81. The van der Waals surface area contributed by atoms with Crippen molar-refractivity contribution in [2.75, 3.05) is 38.7 Å². The van der Waals surface area contributed by atoms with Crippen LogP contribution in [0.3, 0.4) is 0 Å². The van der Waals surface area contributed by atoms with Gasteiger partial charge in [0.05, 0.1) is 18.0 Å². The number of likely N-dealkylation sites (N-methyl/N-ethyl adjacent to an activating group) is 1. The Balaban J connectivity index is 1.98. The molecule has 0 saturated heterocycles. The third-order valence-electron chi connectivity index (χ3n) is 4.96. The zero-order valence-electron chi connectivity index (χ0n) is 16.3. The van der Waals surface area contributed by atoms with Crippen molar-refractivity contribution in [1.29, 1.82) is 0 Å². The fourth-order valence-corrected chi connectivity index (χ4v) is 4.66. The Morgan fingerprint density at radius 3 is 2.61 bits per heavy atom. The Bertz CT molecular complexity index is 831. The van der Waals surface area contributed by atoms with Crippen LogP contribution in [0.2, 0.25) is 5.02 Å². The van der Waals surface area contributed by atoms with Crippen molar-refractivity contribution in [3.63, 3.8) is 0 Å². The van der Waals surface area contributed by atoms with Gasteiger partial charge in [0, 0.05) is 23.0 Å². The van der Waals surface area contributed by atoms with Crippen molar-refractivity contribution >= 4 is 35.0 Å². The minimum atomic E-state index is -1.16. The smallest absolute Gasteiger partial charge is 0.257 e. The Labute approximate surface area is 175 Å². The number of thioether (sulfide) groups is 1. The van der Waals surface area contributed by atoms with Crippen molar-refractivity contribution in [2.45, 2.75) is 23.2 Å². The number of benzene rings is 2. The molecule has 0 saturated carbocycles. The zero-order chi connectivity index (χ0) is 20.3. The van der Waals surface area contributed by atoms with E-state index < -0.39 is 11.4 Å². The molecule has 1 unspecified atom stereocenters. The number of ether oxygens (including phenoxy) is 1. The topological polar surface area (TPSA) is 53.0 Å². The molecule has 1 heterocycles. The fourth-order valence-electron chi connectivity index (χ4n) is 3.12. The molecule has 0 aliphatic carbocycles. The second-order valence-corrected chi connectivity index (χ2v) is 8.37. The van der Waals surface area contributed by atoms with Crippen LogP contribution >= 0.6 is 23.4 Å². The van der Waals surface area contributed by atoms with Gasteiger partial charge in [-0.15, -0.1) is 11.8 Å². The molecule has 1 amide bonds. The number of hydrogen-bond donors (Lipinski definition) is 1. The number of halogens is 1. The lowest BCUT2D eigenvalue weighted by molar-refractivity contribution is -0.126. The molecule has 3 rings (SSSR count). The number of nitrogens with zero attached hydrogens (tertiary/aromatic N) is 2. The first-order valence-electron chi connectivity index (χ1n) is 9.22. The maximum Gasteiger partial charge on any atom is 0.257 e. The first-order chi connectivity index (χ1) is 13.4. The summed E-state index contributed by atoms with van der Waals surface area (Å²) in [5.41, 5.74) is 1.66. The summed E-state index contributed by atoms with van der Waals surface area (Å²) in [6, 6.07) is 13.0. The van der Waals surface area contributed by atoms with Crippen molar-refractivity contribution in [2.24, 2.45) is 0 Å². The van der Waals surface area contributed by atoms with E-state index in [-0.39, 0.29) is 5.91 Å². The van der Waals surface area contributed by atoms with Crippen LogP contribution in [-0.2, 0) is 4.79 Å². The van der Waals surface area contributed by atoms with E-state index in [0.29, 0.717) is 11.6 Å². The number of aliphatic hydroxyl groups excluding tert-OH is 1. The molecule has 1 N–H and O–H groups in total. The highest BCUT2D eigenvalue weighted by Gasteiger charge is 2.37. The molecule has 2 aromatic rings. The molecule has 2 atom stereocenters. The highest BCUT2D eigenvalue weighted by molar-refractivity contribution is 7.99. The molecule has 2 aromatic carbocycles. The normalized spacial score (nSPS) is 19.5. The Hall–Kier alpha value is -1.73. The van der Waals surface area contributed by atoms with Gasteiger partial charge in [0.1, 0.15) is 11.9 Å². The van der Waals surface area contributed by atoms with Crippen molar-refractivity contribution in [1.82, 2.24) is 4.90 Å². The summed E-state index contributed by atoms with van der Waals surface area (Å²) in [6.07, 6.45) is -1.16. The molecule has 1 aliphatic heterocycles. The van der Waals surface area contributed by atoms with Crippen LogP contribution in [0.5, 0.6) is 5.75 Å². The average molecular weight is 421 g/mol. The monoisotopic (exact) mass is 420 g/mol. The largest absolute Gasteiger partial charge is 0.497 e. The second-order valence-electron chi connectivity index (χ2n) is 6.75. The van der Waals surface area contributed by atoms with Gasteiger partial charge in [-0.1, -0.05) is 30.7 Å². The van der Waals surface area contributed by atoms with Crippen LogP contribution in [0.4, 0.5) is 5.69 Å². The van der Waals surface area contributed by atoms with Gasteiger partial charge in [-0.3, -0.25) is 4.79 Å². The standard InChI is InChI=1S/C21H25ClN2O3S/c1-4-23(2)11-12-24-17-10-7-15(22)13-18(17)28-20(19(25)21(24)26)14-5-8-16(27-3)9-6-14/h5-10,13,19-20,25H,4,11-12H2,1-3H3/t19?,20-/m0/s1. The van der Waals surface area contributed by atoms with Crippen molar-refractivity contribution < 1.29 is 14.6 Å². The lowest BCUT2D eigenvalue weighted by atomic mass is 10.1. The van der Waals surface area contributed by atoms with E-state index in [4.69, 9.17) is 16.3 Å². The third-order valence-corrected chi connectivity index (χ3v) is 6.56. The van der Waals surface area contributed by atoms with E-state index in [1.54, 1.807) is 18.1 Å². The predicted octanol–water partition coefficient (Wildman–Crippen LogP) is 3.84. The first kappa shape index (κ1) is 21.0. The molecule has 28 heavy (non-hydrogen) atoms. The quantitative estimate of drug-likeness (QED) is 0.769. The van der Waals surface area contributed by atoms with Gasteiger partial charge >= 0.3 is 0 Å². The lowest BCUT2D eigenvalue weighted by Gasteiger charge is -2.27. The SMILES string of the molecule is CCN(C)CCN1C(=O)C(O)[C@H](c2ccc(OC)cc2)Sc2cc(Cl)ccc21. The van der Waals surface area contributed by atoms with Gasteiger partial charge in [-0.25, -0.2) is 0 Å². The summed E-state index contributed by atoms with van der Waals surface area (Å²) >= 11 is 7.69. The molecular weight excluding hydrogens is 396 g/mol. The maximum atomic E-state index is 13.2. The fraction of sp³-hybridized carbons (Fsp3) is 0.381. The van der Waals surface area contributed by atoms with E-state index in [1.165, 1.54) is 11.8 Å². The van der Waals surface area contributed by atoms with E-state index >= 15 is 0 Å². The molecular formula is C21H25ClN2O3S. The van der Waals surface area contributed by atoms with Gasteiger partial charge in [0.2, 0.25) is 0 Å². The number of aliphatic hydroxyl groups is 1. The Morgan fingerprint density at radius 1 is 1.25 bits per heavy atom. The predicted molar refractivity (Wildman–Crippen MR) is 115 cm³/mol. The summed E-state index contributed by atoms with van der Waals surface area (Å²) in [6.45, 7) is 4.18. The molecule has 7 heteroatoms. The molecule has 150 valence electrons. The third kappa shape index (κ3) is 4.46. The van der Waals surface area contributed by atoms with Gasteiger partial charge < -0.3 is 19.6 Å². The molecule has 0 fully saturated rings. The van der Waals surface area contributed by atoms with Gasteiger partial charge in [-0.2, -0.15) is 0 Å². The number of anilines is 1. The summed E-state index contributed by atoms with van der Waals surface area (Å²) in [5.74, 6) is 0.440. The summed E-state index contributed by atoms with van der Waals surface area (Å²) in [5, 5.41) is 11.1. The maximum absolute atomic E-state index is 13.2. The van der Waals surface area contributed by atoms with E-state index in [9.17, 15) is 9.90 Å². The van der Waals surface area contributed by atoms with E-state index in [2.05, 4.69) is 11.8 Å². The second kappa shape index (κ2) is 9.18. The zero-order valence-corrected chi connectivity index (χ0v) is 17.8. The molecule has 0 spiro atoms. The number of carbonyl (C=O) groups excluding carboxylic acids is 1. The molecule has 0 aromatic heterocycles. The number of carbonyl (C=O) groups is 1. The molecule has 0 bridgehead atoms. The number of rotatable bonds is 6. The highest BCUT2D eigenvalue weighted by atomic mass is 35.5. The number of hydrogen-bond acceptors (Lipinski definition) is 5. The van der Waals surface area contributed by atoms with Crippen LogP contribution in [0, 0.1) is 0 Å². The number of methoxy groups -OCH3 is 1.